The van der Waals surface area contributed by atoms with Gasteiger partial charge in [0, 0.05) is 5.02 Å². The van der Waals surface area contributed by atoms with Crippen molar-refractivity contribution in [3.63, 3.8) is 0 Å². The highest BCUT2D eigenvalue weighted by Crippen LogP contribution is 2.22. The molecular formula is C12H16ClNO2. The number of carbonyl (C=O) groups is 1. The molecule has 88 valence electrons. The third kappa shape index (κ3) is 3.22. The van der Waals surface area contributed by atoms with Gasteiger partial charge in [0.1, 0.15) is 6.04 Å². The lowest BCUT2D eigenvalue weighted by atomic mass is 10.1. The maximum Gasteiger partial charge on any atom is 0.327 e. The molecule has 1 rings (SSSR count). The molecule has 0 bridgehead atoms. The van der Waals surface area contributed by atoms with Gasteiger partial charge in [0.15, 0.2) is 0 Å². The highest BCUT2D eigenvalue weighted by Gasteiger charge is 2.21. The quantitative estimate of drug-likeness (QED) is 0.825. The number of nitrogens with two attached hydrogens (primary N) is 1. The second-order valence-electron chi connectivity index (χ2n) is 3.65. The molecular weight excluding hydrogens is 226 g/mol. The zero-order valence-corrected chi connectivity index (χ0v) is 10.2. The van der Waals surface area contributed by atoms with Gasteiger partial charge < -0.3 is 10.5 Å². The van der Waals surface area contributed by atoms with Crippen LogP contribution in [0.5, 0.6) is 0 Å². The zero-order chi connectivity index (χ0) is 12.1. The van der Waals surface area contributed by atoms with Crippen molar-refractivity contribution in [3.05, 3.63) is 34.9 Å². The van der Waals surface area contributed by atoms with E-state index in [1.165, 1.54) is 0 Å². The third-order valence-corrected chi connectivity index (χ3v) is 2.73. The van der Waals surface area contributed by atoms with Gasteiger partial charge in [-0.25, -0.2) is 4.79 Å². The van der Waals surface area contributed by atoms with E-state index in [9.17, 15) is 4.79 Å². The first-order chi connectivity index (χ1) is 7.56. The average Bonchev–Trinajstić information content (AvgIpc) is 2.28. The second-order valence-corrected chi connectivity index (χ2v) is 4.06. The normalized spacial score (nSPS) is 14.2. The number of esters is 1. The number of benzene rings is 1. The van der Waals surface area contributed by atoms with Crippen molar-refractivity contribution in [1.82, 2.24) is 0 Å². The smallest absolute Gasteiger partial charge is 0.327 e. The fourth-order valence-electron chi connectivity index (χ4n) is 1.21. The van der Waals surface area contributed by atoms with Gasteiger partial charge in [0.05, 0.1) is 6.10 Å². The lowest BCUT2D eigenvalue weighted by Gasteiger charge is -2.16. The molecule has 1 aromatic rings. The van der Waals surface area contributed by atoms with E-state index in [1.807, 2.05) is 13.8 Å². The molecule has 0 aliphatic rings. The average molecular weight is 242 g/mol. The minimum Gasteiger partial charge on any atom is -0.461 e. The summed E-state index contributed by atoms with van der Waals surface area (Å²) in [6.45, 7) is 3.77. The molecule has 0 aliphatic carbocycles. The van der Waals surface area contributed by atoms with E-state index >= 15 is 0 Å². The summed E-state index contributed by atoms with van der Waals surface area (Å²) < 4.78 is 5.15. The molecule has 16 heavy (non-hydrogen) atoms. The topological polar surface area (TPSA) is 52.3 Å². The van der Waals surface area contributed by atoms with Crippen molar-refractivity contribution in [1.29, 1.82) is 0 Å². The summed E-state index contributed by atoms with van der Waals surface area (Å²) in [5, 5.41) is 0.483. The summed E-state index contributed by atoms with van der Waals surface area (Å²) in [6, 6.07) is 6.19. The molecule has 0 saturated carbocycles. The molecule has 4 heteroatoms. The summed E-state index contributed by atoms with van der Waals surface area (Å²) in [7, 11) is 0. The van der Waals surface area contributed by atoms with E-state index < -0.39 is 12.0 Å². The van der Waals surface area contributed by atoms with Crippen molar-refractivity contribution < 1.29 is 9.53 Å². The van der Waals surface area contributed by atoms with E-state index in [1.54, 1.807) is 24.3 Å². The molecule has 2 atom stereocenters. The Bertz CT molecular complexity index is 368. The van der Waals surface area contributed by atoms with Gasteiger partial charge in [-0.2, -0.15) is 0 Å². The standard InChI is InChI=1S/C12H16ClNO2/c1-3-8(2)16-12(15)11(14)9-6-4-5-7-10(9)13/h4-8,11H,3,14H2,1-2H3/t8?,11-/m1/s1. The molecule has 0 amide bonds. The monoisotopic (exact) mass is 241 g/mol. The lowest BCUT2D eigenvalue weighted by Crippen LogP contribution is -2.27. The van der Waals surface area contributed by atoms with Gasteiger partial charge in [-0.05, 0) is 25.0 Å². The Balaban J connectivity index is 2.75. The highest BCUT2D eigenvalue weighted by molar-refractivity contribution is 6.31. The predicted molar refractivity (Wildman–Crippen MR) is 64.2 cm³/mol. The van der Waals surface area contributed by atoms with Crippen LogP contribution in [0.1, 0.15) is 31.9 Å². The van der Waals surface area contributed by atoms with Crippen LogP contribution < -0.4 is 5.73 Å². The van der Waals surface area contributed by atoms with E-state index in [0.717, 1.165) is 6.42 Å². The number of ether oxygens (including phenoxy) is 1. The zero-order valence-electron chi connectivity index (χ0n) is 9.44. The minimum atomic E-state index is -0.817. The molecule has 0 saturated heterocycles. The maximum atomic E-state index is 11.7. The SMILES string of the molecule is CCC(C)OC(=O)[C@H](N)c1ccccc1Cl. The highest BCUT2D eigenvalue weighted by atomic mass is 35.5. The van der Waals surface area contributed by atoms with Gasteiger partial charge >= 0.3 is 5.97 Å². The molecule has 1 aromatic carbocycles. The third-order valence-electron chi connectivity index (χ3n) is 2.39. The van der Waals surface area contributed by atoms with Gasteiger partial charge in [0.25, 0.3) is 0 Å². The lowest BCUT2D eigenvalue weighted by molar-refractivity contribution is -0.150. The van der Waals surface area contributed by atoms with E-state index in [-0.39, 0.29) is 6.10 Å². The van der Waals surface area contributed by atoms with Crippen LogP contribution in [0.3, 0.4) is 0 Å². The first-order valence-corrected chi connectivity index (χ1v) is 5.64. The largest absolute Gasteiger partial charge is 0.461 e. The van der Waals surface area contributed by atoms with Gasteiger partial charge in [-0.1, -0.05) is 36.7 Å². The summed E-state index contributed by atoms with van der Waals surface area (Å²) in [5.41, 5.74) is 6.38. The van der Waals surface area contributed by atoms with E-state index in [4.69, 9.17) is 22.1 Å². The molecule has 2 N–H and O–H groups in total. The fourth-order valence-corrected chi connectivity index (χ4v) is 1.46. The van der Waals surface area contributed by atoms with Crippen molar-refractivity contribution in [3.8, 4) is 0 Å². The maximum absolute atomic E-state index is 11.7. The van der Waals surface area contributed by atoms with Gasteiger partial charge in [-0.15, -0.1) is 0 Å². The molecule has 0 spiro atoms. The Morgan fingerprint density at radius 1 is 1.50 bits per heavy atom. The van der Waals surface area contributed by atoms with Crippen LogP contribution in [0, 0.1) is 0 Å². The number of hydrogen-bond donors (Lipinski definition) is 1. The van der Waals surface area contributed by atoms with Gasteiger partial charge in [-0.3, -0.25) is 0 Å². The summed E-state index contributed by atoms with van der Waals surface area (Å²) in [5.74, 6) is -0.442. The summed E-state index contributed by atoms with van der Waals surface area (Å²) in [6.07, 6.45) is 0.641. The van der Waals surface area contributed by atoms with Crippen molar-refractivity contribution in [2.45, 2.75) is 32.4 Å². The van der Waals surface area contributed by atoms with E-state index in [2.05, 4.69) is 0 Å². The van der Waals surface area contributed by atoms with Crippen LogP contribution >= 0.6 is 11.6 Å². The van der Waals surface area contributed by atoms with Gasteiger partial charge in [0.2, 0.25) is 0 Å². The van der Waals surface area contributed by atoms with Crippen LogP contribution in [0.15, 0.2) is 24.3 Å². The molecule has 0 radical (unpaired) electrons. The van der Waals surface area contributed by atoms with Crippen LogP contribution in [-0.4, -0.2) is 12.1 Å². The summed E-state index contributed by atoms with van der Waals surface area (Å²) in [4.78, 5) is 11.7. The van der Waals surface area contributed by atoms with Crippen molar-refractivity contribution in [2.75, 3.05) is 0 Å². The fraction of sp³-hybridized carbons (Fsp3) is 0.417. The number of carbonyl (C=O) groups excluding carboxylic acids is 1. The first kappa shape index (κ1) is 13.0. The molecule has 0 heterocycles. The van der Waals surface area contributed by atoms with Crippen LogP contribution in [0.4, 0.5) is 0 Å². The summed E-state index contributed by atoms with van der Waals surface area (Å²) >= 11 is 5.95. The Kier molecular flexibility index (Phi) is 4.77. The first-order valence-electron chi connectivity index (χ1n) is 5.26. The Hall–Kier alpha value is -1.06. The predicted octanol–water partition coefficient (Wildman–Crippen LogP) is 2.68. The Labute approximate surface area is 101 Å². The van der Waals surface area contributed by atoms with E-state index in [0.29, 0.717) is 10.6 Å². The molecule has 0 aromatic heterocycles. The molecule has 3 nitrogen and oxygen atoms in total. The second kappa shape index (κ2) is 5.87. The molecule has 0 fully saturated rings. The Morgan fingerprint density at radius 3 is 2.69 bits per heavy atom. The molecule has 1 unspecified atom stereocenters. The van der Waals surface area contributed by atoms with Crippen LogP contribution in [-0.2, 0) is 9.53 Å². The van der Waals surface area contributed by atoms with Crippen LogP contribution in [0.25, 0.3) is 0 Å². The van der Waals surface area contributed by atoms with Crippen molar-refractivity contribution in [2.24, 2.45) is 5.73 Å². The van der Waals surface area contributed by atoms with Crippen molar-refractivity contribution >= 4 is 17.6 Å². The Morgan fingerprint density at radius 2 is 2.12 bits per heavy atom. The number of rotatable bonds is 4. The minimum absolute atomic E-state index is 0.124. The number of hydrogen-bond acceptors (Lipinski definition) is 3. The number of halogens is 1. The molecule has 0 aliphatic heterocycles. The van der Waals surface area contributed by atoms with Crippen LogP contribution in [0.2, 0.25) is 5.02 Å².